The molecule has 2 rings (SSSR count). The van der Waals surface area contributed by atoms with Gasteiger partial charge in [0.05, 0.1) is 6.20 Å². The molecular formula is C16H23N3. The van der Waals surface area contributed by atoms with Crippen LogP contribution < -0.4 is 5.32 Å². The number of likely N-dealkylation sites (N-methyl/N-ethyl adjacent to an activating group) is 1. The van der Waals surface area contributed by atoms with Crippen molar-refractivity contribution in [2.75, 3.05) is 6.54 Å². The molecule has 1 aromatic carbocycles. The average Bonchev–Trinajstić information content (AvgIpc) is 2.79. The van der Waals surface area contributed by atoms with Gasteiger partial charge in [-0.2, -0.15) is 5.10 Å². The maximum Gasteiger partial charge on any atom is 0.0537 e. The van der Waals surface area contributed by atoms with Gasteiger partial charge in [0.2, 0.25) is 0 Å². The van der Waals surface area contributed by atoms with E-state index in [-0.39, 0.29) is 0 Å². The maximum absolute atomic E-state index is 4.28. The van der Waals surface area contributed by atoms with Crippen molar-refractivity contribution in [1.29, 1.82) is 0 Å². The van der Waals surface area contributed by atoms with Crippen LogP contribution in [0.1, 0.15) is 35.2 Å². The number of hydrogen-bond donors (Lipinski definition) is 1. The monoisotopic (exact) mass is 257 g/mol. The highest BCUT2D eigenvalue weighted by atomic mass is 15.2. The van der Waals surface area contributed by atoms with Gasteiger partial charge in [-0.05, 0) is 43.5 Å². The van der Waals surface area contributed by atoms with Crippen molar-refractivity contribution < 1.29 is 0 Å². The van der Waals surface area contributed by atoms with Crippen LogP contribution >= 0.6 is 0 Å². The van der Waals surface area contributed by atoms with Crippen LogP contribution in [0.25, 0.3) is 0 Å². The van der Waals surface area contributed by atoms with Gasteiger partial charge in [0.15, 0.2) is 0 Å². The van der Waals surface area contributed by atoms with Gasteiger partial charge in [-0.25, -0.2) is 0 Å². The minimum atomic E-state index is 0.332. The number of nitrogens with zero attached hydrogens (tertiary/aromatic N) is 2. The van der Waals surface area contributed by atoms with E-state index in [0.717, 1.165) is 13.0 Å². The summed E-state index contributed by atoms with van der Waals surface area (Å²) >= 11 is 0. The largest absolute Gasteiger partial charge is 0.310 e. The lowest BCUT2D eigenvalue weighted by Crippen LogP contribution is -2.23. The van der Waals surface area contributed by atoms with Crippen molar-refractivity contribution in [1.82, 2.24) is 15.1 Å². The van der Waals surface area contributed by atoms with Gasteiger partial charge in [-0.3, -0.25) is 4.68 Å². The highest BCUT2D eigenvalue weighted by molar-refractivity contribution is 5.35. The second kappa shape index (κ2) is 6.02. The minimum absolute atomic E-state index is 0.332. The van der Waals surface area contributed by atoms with E-state index >= 15 is 0 Å². The molecule has 0 spiro atoms. The molecule has 0 saturated heterocycles. The Morgan fingerprint density at radius 3 is 2.47 bits per heavy atom. The molecule has 1 N–H and O–H groups in total. The highest BCUT2D eigenvalue weighted by Gasteiger charge is 2.15. The van der Waals surface area contributed by atoms with E-state index in [1.165, 1.54) is 22.3 Å². The van der Waals surface area contributed by atoms with Crippen LogP contribution in [-0.2, 0) is 13.5 Å². The summed E-state index contributed by atoms with van der Waals surface area (Å²) in [6.07, 6.45) is 5.07. The molecule has 0 aliphatic rings. The Hall–Kier alpha value is -1.61. The zero-order valence-electron chi connectivity index (χ0n) is 12.3. The maximum atomic E-state index is 4.28. The number of aromatic nitrogens is 2. The molecule has 1 atom stereocenters. The summed E-state index contributed by atoms with van der Waals surface area (Å²) in [4.78, 5) is 0. The molecular weight excluding hydrogens is 234 g/mol. The second-order valence-corrected chi connectivity index (χ2v) is 5.13. The van der Waals surface area contributed by atoms with Crippen LogP contribution in [0.2, 0.25) is 0 Å². The molecule has 3 nitrogen and oxygen atoms in total. The predicted molar refractivity (Wildman–Crippen MR) is 79.2 cm³/mol. The van der Waals surface area contributed by atoms with E-state index in [0.29, 0.717) is 6.04 Å². The first-order valence-corrected chi connectivity index (χ1v) is 6.88. The number of benzene rings is 1. The van der Waals surface area contributed by atoms with Crippen molar-refractivity contribution >= 4 is 0 Å². The van der Waals surface area contributed by atoms with Crippen LogP contribution in [-0.4, -0.2) is 16.3 Å². The van der Waals surface area contributed by atoms with Crippen LogP contribution in [0, 0.1) is 13.8 Å². The molecule has 19 heavy (non-hydrogen) atoms. The van der Waals surface area contributed by atoms with E-state index in [1.807, 2.05) is 17.9 Å². The van der Waals surface area contributed by atoms with E-state index in [1.54, 1.807) is 0 Å². The van der Waals surface area contributed by atoms with Crippen molar-refractivity contribution in [2.24, 2.45) is 7.05 Å². The summed E-state index contributed by atoms with van der Waals surface area (Å²) in [6.45, 7) is 7.49. The van der Waals surface area contributed by atoms with Gasteiger partial charge < -0.3 is 5.32 Å². The van der Waals surface area contributed by atoms with Crippen molar-refractivity contribution in [3.05, 3.63) is 52.8 Å². The van der Waals surface area contributed by atoms with E-state index in [9.17, 15) is 0 Å². The van der Waals surface area contributed by atoms with Gasteiger partial charge in [0.1, 0.15) is 0 Å². The Labute approximate surface area is 115 Å². The molecule has 2 aromatic rings. The fraction of sp³-hybridized carbons (Fsp3) is 0.438. The first kappa shape index (κ1) is 13.8. The Balaban J connectivity index is 2.26. The molecule has 1 unspecified atom stereocenters. The highest BCUT2D eigenvalue weighted by Crippen LogP contribution is 2.22. The first-order valence-electron chi connectivity index (χ1n) is 6.88. The third kappa shape index (κ3) is 3.24. The lowest BCUT2D eigenvalue weighted by molar-refractivity contribution is 0.547. The van der Waals surface area contributed by atoms with Gasteiger partial charge >= 0.3 is 0 Å². The van der Waals surface area contributed by atoms with E-state index in [2.05, 4.69) is 55.6 Å². The third-order valence-electron chi connectivity index (χ3n) is 3.63. The number of hydrogen-bond acceptors (Lipinski definition) is 2. The zero-order chi connectivity index (χ0) is 13.8. The Bertz CT molecular complexity index is 522. The fourth-order valence-corrected chi connectivity index (χ4v) is 2.55. The molecule has 0 radical (unpaired) electrons. The SMILES string of the molecule is CCNC(Cc1c(C)cccc1C)c1cnn(C)c1. The lowest BCUT2D eigenvalue weighted by Gasteiger charge is -2.19. The predicted octanol–water partition coefficient (Wildman–Crippen LogP) is 2.93. The van der Waals surface area contributed by atoms with E-state index in [4.69, 9.17) is 0 Å². The van der Waals surface area contributed by atoms with Crippen molar-refractivity contribution in [3.63, 3.8) is 0 Å². The van der Waals surface area contributed by atoms with Crippen molar-refractivity contribution in [3.8, 4) is 0 Å². The third-order valence-corrected chi connectivity index (χ3v) is 3.63. The number of nitrogens with one attached hydrogen (secondary N) is 1. The molecule has 0 amide bonds. The summed E-state index contributed by atoms with van der Waals surface area (Å²) in [6, 6.07) is 6.84. The fourth-order valence-electron chi connectivity index (χ4n) is 2.55. The molecule has 0 aliphatic heterocycles. The second-order valence-electron chi connectivity index (χ2n) is 5.13. The summed E-state index contributed by atoms with van der Waals surface area (Å²) in [5.41, 5.74) is 5.43. The topological polar surface area (TPSA) is 29.9 Å². The number of rotatable bonds is 5. The quantitative estimate of drug-likeness (QED) is 0.892. The average molecular weight is 257 g/mol. The first-order chi connectivity index (χ1) is 9.11. The van der Waals surface area contributed by atoms with Crippen LogP contribution in [0.4, 0.5) is 0 Å². The Kier molecular flexibility index (Phi) is 4.38. The molecule has 1 heterocycles. The van der Waals surface area contributed by atoms with Crippen LogP contribution in [0.5, 0.6) is 0 Å². The van der Waals surface area contributed by atoms with Gasteiger partial charge in [-0.1, -0.05) is 25.1 Å². The molecule has 3 heteroatoms. The lowest BCUT2D eigenvalue weighted by atomic mass is 9.94. The molecule has 102 valence electrons. The Morgan fingerprint density at radius 2 is 1.95 bits per heavy atom. The summed E-state index contributed by atoms with van der Waals surface area (Å²) in [7, 11) is 1.96. The number of aryl methyl sites for hydroxylation is 3. The zero-order valence-corrected chi connectivity index (χ0v) is 12.3. The standard InChI is InChI=1S/C16H23N3/c1-5-17-16(14-10-18-19(4)11-14)9-15-12(2)7-6-8-13(15)3/h6-8,10-11,16-17H,5,9H2,1-4H3. The molecule has 0 saturated carbocycles. The van der Waals surface area contributed by atoms with Gasteiger partial charge in [0.25, 0.3) is 0 Å². The van der Waals surface area contributed by atoms with E-state index < -0.39 is 0 Å². The molecule has 0 bridgehead atoms. The summed E-state index contributed by atoms with van der Waals surface area (Å²) in [5, 5.41) is 7.84. The normalized spacial score (nSPS) is 12.6. The van der Waals surface area contributed by atoms with Gasteiger partial charge in [0, 0.05) is 24.8 Å². The minimum Gasteiger partial charge on any atom is -0.310 e. The van der Waals surface area contributed by atoms with Gasteiger partial charge in [-0.15, -0.1) is 0 Å². The van der Waals surface area contributed by atoms with Crippen LogP contribution in [0.15, 0.2) is 30.6 Å². The summed E-state index contributed by atoms with van der Waals surface area (Å²) < 4.78 is 1.87. The van der Waals surface area contributed by atoms with Crippen molar-refractivity contribution in [2.45, 2.75) is 33.2 Å². The Morgan fingerprint density at radius 1 is 1.26 bits per heavy atom. The molecule has 1 aromatic heterocycles. The molecule has 0 aliphatic carbocycles. The smallest absolute Gasteiger partial charge is 0.0537 e. The summed E-state index contributed by atoms with van der Waals surface area (Å²) in [5.74, 6) is 0. The van der Waals surface area contributed by atoms with Crippen LogP contribution in [0.3, 0.4) is 0 Å². The molecule has 0 fully saturated rings.